The van der Waals surface area contributed by atoms with Gasteiger partial charge in [0.1, 0.15) is 35.6 Å². The Morgan fingerprint density at radius 3 is 0.936 bits per heavy atom. The van der Waals surface area contributed by atoms with E-state index in [9.17, 15) is 52.8 Å². The van der Waals surface area contributed by atoms with E-state index in [1.165, 1.54) is 57.5 Å². The second-order valence-electron chi connectivity index (χ2n) is 17.4. The Labute approximate surface area is 462 Å². The summed E-state index contributed by atoms with van der Waals surface area (Å²) in [6.07, 6.45) is 5.22. The third-order valence-electron chi connectivity index (χ3n) is 12.3. The van der Waals surface area contributed by atoms with Gasteiger partial charge >= 0.3 is 0 Å². The summed E-state index contributed by atoms with van der Waals surface area (Å²) in [5.74, 6) is -3.45. The predicted molar refractivity (Wildman–Crippen MR) is 286 cm³/mol. The zero-order valence-corrected chi connectivity index (χ0v) is 45.8. The molecule has 2 unspecified atom stereocenters. The number of benzene rings is 3. The number of amides is 3. The van der Waals surface area contributed by atoms with Crippen LogP contribution in [0.1, 0.15) is 54.5 Å². The first-order valence-electron chi connectivity index (χ1n) is 23.1. The minimum absolute atomic E-state index is 0.138. The van der Waals surface area contributed by atoms with E-state index in [0.29, 0.717) is 17.1 Å². The summed E-state index contributed by atoms with van der Waals surface area (Å²) in [7, 11) is -7.64. The standard InChI is InChI=1S/3C16H16ClFN4O3S/c3*1-22-15(16(23)20-10-5-6-12(18)11(17)8-10)9-14(21-26(22,24)25)13-4-2-3-7-19-13/h3*2-8,14-15,21H,9H2,1H3,(H,20,23)/t2*14-,15+;/m10./s1. The molecule has 0 radical (unpaired) electrons. The molecule has 3 amide bonds. The van der Waals surface area contributed by atoms with Gasteiger partial charge in [0.25, 0.3) is 30.6 Å². The lowest BCUT2D eigenvalue weighted by molar-refractivity contribution is -0.120. The van der Waals surface area contributed by atoms with E-state index >= 15 is 0 Å². The molecule has 3 aromatic carbocycles. The highest BCUT2D eigenvalue weighted by atomic mass is 35.5. The number of hydrogen-bond acceptors (Lipinski definition) is 12. The molecule has 21 nitrogen and oxygen atoms in total. The third-order valence-corrected chi connectivity index (χ3v) is 18.0. The summed E-state index contributed by atoms with van der Waals surface area (Å²) in [4.78, 5) is 50.4. The van der Waals surface area contributed by atoms with Crippen molar-refractivity contribution >= 4 is 100 Å². The van der Waals surface area contributed by atoms with Crippen molar-refractivity contribution in [1.82, 2.24) is 42.0 Å². The number of aromatic nitrogens is 3. The number of carbonyl (C=O) groups excluding carboxylic acids is 3. The molecule has 3 saturated heterocycles. The topological polar surface area (TPSA) is 274 Å². The molecule has 0 saturated carbocycles. The molecule has 0 spiro atoms. The fourth-order valence-corrected chi connectivity index (χ4v) is 12.4. The quantitative estimate of drug-likeness (QED) is 0.0934. The predicted octanol–water partition coefficient (Wildman–Crippen LogP) is 6.28. The second-order valence-corrected chi connectivity index (χ2v) is 24.0. The Bertz CT molecular complexity index is 3140. The lowest BCUT2D eigenvalue weighted by Gasteiger charge is -2.35. The van der Waals surface area contributed by atoms with E-state index in [2.05, 4.69) is 45.1 Å². The minimum atomic E-state index is -3.86. The van der Waals surface area contributed by atoms with Crippen LogP contribution in [0.2, 0.25) is 15.1 Å². The van der Waals surface area contributed by atoms with E-state index in [0.717, 1.165) is 31.1 Å². The lowest BCUT2D eigenvalue weighted by atomic mass is 10.0. The van der Waals surface area contributed by atoms with Gasteiger partial charge in [-0.2, -0.15) is 52.3 Å². The van der Waals surface area contributed by atoms with Crippen LogP contribution in [0.5, 0.6) is 0 Å². The maximum Gasteiger partial charge on any atom is 0.280 e. The van der Waals surface area contributed by atoms with E-state index in [-0.39, 0.29) is 51.4 Å². The largest absolute Gasteiger partial charge is 0.325 e. The second kappa shape index (κ2) is 25.3. The van der Waals surface area contributed by atoms with Crippen LogP contribution >= 0.6 is 34.8 Å². The van der Waals surface area contributed by atoms with E-state index in [1.54, 1.807) is 73.2 Å². The molecule has 3 aliphatic heterocycles. The van der Waals surface area contributed by atoms with Gasteiger partial charge < -0.3 is 16.0 Å². The summed E-state index contributed by atoms with van der Waals surface area (Å²) in [5, 5.41) is 7.31. The van der Waals surface area contributed by atoms with Crippen LogP contribution in [0, 0.1) is 17.5 Å². The maximum atomic E-state index is 13.2. The molecule has 78 heavy (non-hydrogen) atoms. The van der Waals surface area contributed by atoms with Gasteiger partial charge in [-0.05, 0) is 110 Å². The van der Waals surface area contributed by atoms with Crippen LogP contribution < -0.4 is 30.1 Å². The molecule has 414 valence electrons. The maximum absolute atomic E-state index is 13.2. The van der Waals surface area contributed by atoms with E-state index in [4.69, 9.17) is 34.8 Å². The number of hydrogen-bond donors (Lipinski definition) is 6. The number of rotatable bonds is 9. The van der Waals surface area contributed by atoms with Gasteiger partial charge in [-0.1, -0.05) is 53.0 Å². The summed E-state index contributed by atoms with van der Waals surface area (Å²) >= 11 is 17.1. The van der Waals surface area contributed by atoms with Gasteiger partial charge in [0.15, 0.2) is 0 Å². The normalized spacial score (nSPS) is 22.7. The van der Waals surface area contributed by atoms with Crippen molar-refractivity contribution in [1.29, 1.82) is 0 Å². The number of likely N-dealkylation sites (N-methyl/N-ethyl adjacent to an activating group) is 3. The molecule has 0 aliphatic carbocycles. The van der Waals surface area contributed by atoms with Crippen LogP contribution in [-0.4, -0.2) is 110 Å². The summed E-state index contributed by atoms with van der Waals surface area (Å²) in [6, 6.07) is 21.9. The average molecular weight is 1200 g/mol. The molecule has 3 aliphatic rings. The van der Waals surface area contributed by atoms with Crippen LogP contribution in [-0.2, 0) is 45.0 Å². The van der Waals surface area contributed by atoms with Crippen molar-refractivity contribution in [2.75, 3.05) is 37.1 Å². The minimum Gasteiger partial charge on any atom is -0.325 e. The summed E-state index contributed by atoms with van der Waals surface area (Å²) in [5.41, 5.74) is 2.39. The number of pyridine rings is 3. The number of anilines is 3. The Morgan fingerprint density at radius 2 is 0.718 bits per heavy atom. The molecule has 30 heteroatoms. The first-order valence-corrected chi connectivity index (χ1v) is 28.5. The molecule has 9 rings (SSSR count). The zero-order chi connectivity index (χ0) is 56.7. The third kappa shape index (κ3) is 14.7. The highest BCUT2D eigenvalue weighted by molar-refractivity contribution is 7.87. The Morgan fingerprint density at radius 1 is 0.462 bits per heavy atom. The van der Waals surface area contributed by atoms with Crippen LogP contribution in [0.3, 0.4) is 0 Å². The van der Waals surface area contributed by atoms with Crippen LogP contribution in [0.25, 0.3) is 0 Å². The van der Waals surface area contributed by atoms with Crippen molar-refractivity contribution in [2.24, 2.45) is 0 Å². The van der Waals surface area contributed by atoms with Crippen molar-refractivity contribution in [3.63, 3.8) is 0 Å². The van der Waals surface area contributed by atoms with Crippen LogP contribution in [0.15, 0.2) is 128 Å². The van der Waals surface area contributed by atoms with Gasteiger partial charge in [-0.3, -0.25) is 29.3 Å². The Balaban J connectivity index is 0.000000170. The van der Waals surface area contributed by atoms with E-state index < -0.39 is 102 Å². The SMILES string of the molecule is CN1C(C(=O)Nc2ccc(F)c(Cl)c2)CC(c2ccccn2)NS1(=O)=O.CN1[C@@H](C(=O)Nc2ccc(F)c(Cl)c2)C[C@@H](c2ccccn2)NS1(=O)=O.CN1[C@H](C(=O)Nc2ccc(F)c(Cl)c2)C[C@H](c2ccccn2)NS1(=O)=O. The highest BCUT2D eigenvalue weighted by Gasteiger charge is 2.43. The summed E-state index contributed by atoms with van der Waals surface area (Å²) in [6.45, 7) is 0. The first-order chi connectivity index (χ1) is 36.8. The smallest absolute Gasteiger partial charge is 0.280 e. The van der Waals surface area contributed by atoms with Gasteiger partial charge in [0, 0.05) is 56.8 Å². The molecule has 6 heterocycles. The van der Waals surface area contributed by atoms with Crippen molar-refractivity contribution in [3.8, 4) is 0 Å². The molecule has 0 bridgehead atoms. The summed E-state index contributed by atoms with van der Waals surface area (Å²) < 4.78 is 124. The molecule has 3 aromatic heterocycles. The number of carbonyl (C=O) groups is 3. The number of nitrogens with one attached hydrogen (secondary N) is 6. The van der Waals surface area contributed by atoms with Crippen molar-refractivity contribution in [3.05, 3.63) is 177 Å². The molecule has 3 fully saturated rings. The Kier molecular flexibility index (Phi) is 19.3. The van der Waals surface area contributed by atoms with Crippen LogP contribution in [0.4, 0.5) is 30.2 Å². The van der Waals surface area contributed by atoms with Gasteiger partial charge in [0.2, 0.25) is 17.7 Å². The van der Waals surface area contributed by atoms with Crippen molar-refractivity contribution < 1.29 is 52.8 Å². The van der Waals surface area contributed by atoms with Gasteiger partial charge in [0.05, 0.1) is 50.3 Å². The highest BCUT2D eigenvalue weighted by Crippen LogP contribution is 2.31. The fraction of sp³-hybridized carbons (Fsp3) is 0.250. The van der Waals surface area contributed by atoms with Gasteiger partial charge in [-0.25, -0.2) is 13.2 Å². The van der Waals surface area contributed by atoms with Crippen molar-refractivity contribution in [2.45, 2.75) is 55.5 Å². The number of nitrogens with zero attached hydrogens (tertiary/aromatic N) is 6. The zero-order valence-electron chi connectivity index (χ0n) is 41.1. The fourth-order valence-electron chi connectivity index (χ4n) is 8.06. The lowest BCUT2D eigenvalue weighted by Crippen LogP contribution is -2.56. The van der Waals surface area contributed by atoms with E-state index in [1.807, 2.05) is 0 Å². The first kappa shape index (κ1) is 59.5. The molecular formula is C48H48Cl3F3N12O9S3. The molecule has 6 atom stereocenters. The number of halogens is 6. The molecule has 6 aromatic rings. The molecular weight excluding hydrogens is 1150 g/mol. The monoisotopic (exact) mass is 1190 g/mol. The molecule has 6 N–H and O–H groups in total. The van der Waals surface area contributed by atoms with Gasteiger partial charge in [-0.15, -0.1) is 0 Å². The average Bonchev–Trinajstić information content (AvgIpc) is 3.42. The Hall–Kier alpha value is -6.21.